The molecule has 0 aromatic heterocycles. The van der Waals surface area contributed by atoms with Crippen LogP contribution in [0.4, 0.5) is 0 Å². The van der Waals surface area contributed by atoms with Gasteiger partial charge in [0, 0.05) is 5.92 Å². The maximum Gasteiger partial charge on any atom is 2.00 e. The normalized spacial score (nSPS) is 16.8. The summed E-state index contributed by atoms with van der Waals surface area (Å²) in [7, 11) is 0. The SMILES string of the molecule is C1=Cc2ccccc2C2C1=CC=C2[c-]1cccc1.[Fe+2].c1cc[cH-]c1. The van der Waals surface area contributed by atoms with E-state index in [9.17, 15) is 0 Å². The molecule has 2 aliphatic rings. The van der Waals surface area contributed by atoms with Crippen molar-refractivity contribution in [1.82, 2.24) is 0 Å². The summed E-state index contributed by atoms with van der Waals surface area (Å²) < 4.78 is 0. The van der Waals surface area contributed by atoms with Gasteiger partial charge in [-0.3, -0.25) is 0 Å². The van der Waals surface area contributed by atoms with E-state index in [1.54, 1.807) is 0 Å². The van der Waals surface area contributed by atoms with E-state index in [1.807, 2.05) is 30.3 Å². The Kier molecular flexibility index (Phi) is 5.15. The first-order chi connectivity index (χ1) is 11.4. The van der Waals surface area contributed by atoms with E-state index in [0.717, 1.165) is 0 Å². The number of benzene rings is 1. The van der Waals surface area contributed by atoms with Gasteiger partial charge in [-0.1, -0.05) is 42.5 Å². The molecule has 3 aromatic carbocycles. The first kappa shape index (κ1) is 16.5. The third-order valence-electron chi connectivity index (χ3n) is 4.41. The van der Waals surface area contributed by atoms with E-state index >= 15 is 0 Å². The molecule has 0 radical (unpaired) electrons. The summed E-state index contributed by atoms with van der Waals surface area (Å²) in [6.45, 7) is 0. The van der Waals surface area contributed by atoms with Crippen LogP contribution in [-0.4, -0.2) is 0 Å². The van der Waals surface area contributed by atoms with Gasteiger partial charge in [0.1, 0.15) is 0 Å². The third-order valence-corrected chi connectivity index (χ3v) is 4.41. The molecule has 3 aromatic rings. The molecule has 118 valence electrons. The molecule has 0 saturated heterocycles. The topological polar surface area (TPSA) is 0 Å². The zero-order valence-corrected chi connectivity index (χ0v) is 14.4. The van der Waals surface area contributed by atoms with Gasteiger partial charge in [-0.15, -0.1) is 29.3 Å². The quantitative estimate of drug-likeness (QED) is 0.376. The second-order valence-electron chi connectivity index (χ2n) is 5.82. The fourth-order valence-electron chi connectivity index (χ4n) is 3.32. The third kappa shape index (κ3) is 3.14. The molecule has 5 rings (SSSR count). The number of hydrogen-bond acceptors (Lipinski definition) is 0. The van der Waals surface area contributed by atoms with Crippen LogP contribution in [0, 0.1) is 0 Å². The molecule has 0 saturated carbocycles. The summed E-state index contributed by atoms with van der Waals surface area (Å²) >= 11 is 0. The molecule has 1 atom stereocenters. The van der Waals surface area contributed by atoms with Crippen LogP contribution in [0.5, 0.6) is 0 Å². The van der Waals surface area contributed by atoms with Gasteiger partial charge in [-0.2, -0.15) is 30.3 Å². The van der Waals surface area contributed by atoms with Crippen molar-refractivity contribution in [3.63, 3.8) is 0 Å². The molecule has 1 heteroatoms. The van der Waals surface area contributed by atoms with Gasteiger partial charge >= 0.3 is 17.1 Å². The van der Waals surface area contributed by atoms with Crippen molar-refractivity contribution in [2.75, 3.05) is 0 Å². The van der Waals surface area contributed by atoms with Crippen molar-refractivity contribution < 1.29 is 17.1 Å². The van der Waals surface area contributed by atoms with Gasteiger partial charge in [0.2, 0.25) is 0 Å². The fraction of sp³-hybridized carbons (Fsp3) is 0.0435. The largest absolute Gasteiger partial charge is 2.00 e. The molecule has 0 bridgehead atoms. The van der Waals surface area contributed by atoms with Crippen LogP contribution < -0.4 is 0 Å². The summed E-state index contributed by atoms with van der Waals surface area (Å²) in [4.78, 5) is 0. The Hall–Kier alpha value is -2.34. The Morgan fingerprint density at radius 3 is 2.25 bits per heavy atom. The maximum absolute atomic E-state index is 2.27. The van der Waals surface area contributed by atoms with Gasteiger partial charge in [0.15, 0.2) is 0 Å². The minimum Gasteiger partial charge on any atom is -0.214 e. The molecule has 0 heterocycles. The fourth-order valence-corrected chi connectivity index (χ4v) is 3.32. The first-order valence-corrected chi connectivity index (χ1v) is 8.01. The van der Waals surface area contributed by atoms with Crippen LogP contribution in [0.2, 0.25) is 0 Å². The summed E-state index contributed by atoms with van der Waals surface area (Å²) in [5, 5.41) is 0. The van der Waals surface area contributed by atoms with Crippen LogP contribution in [0.3, 0.4) is 0 Å². The van der Waals surface area contributed by atoms with E-state index in [1.165, 1.54) is 27.8 Å². The second-order valence-corrected chi connectivity index (χ2v) is 5.82. The van der Waals surface area contributed by atoms with Crippen LogP contribution in [0.25, 0.3) is 11.6 Å². The Morgan fingerprint density at radius 1 is 0.792 bits per heavy atom. The number of rotatable bonds is 1. The van der Waals surface area contributed by atoms with E-state index < -0.39 is 0 Å². The summed E-state index contributed by atoms with van der Waals surface area (Å²) in [5.41, 5.74) is 6.95. The van der Waals surface area contributed by atoms with Gasteiger partial charge < -0.3 is 0 Å². The van der Waals surface area contributed by atoms with Crippen molar-refractivity contribution in [2.45, 2.75) is 5.92 Å². The molecule has 0 fully saturated rings. The predicted molar refractivity (Wildman–Crippen MR) is 98.3 cm³/mol. The summed E-state index contributed by atoms with van der Waals surface area (Å²) in [6, 6.07) is 27.3. The van der Waals surface area contributed by atoms with Gasteiger partial charge in [0.05, 0.1) is 0 Å². The molecular formula is C23H18Fe. The number of hydrogen-bond donors (Lipinski definition) is 0. The molecule has 0 spiro atoms. The van der Waals surface area contributed by atoms with Gasteiger partial charge in [-0.25, -0.2) is 12.1 Å². The summed E-state index contributed by atoms with van der Waals surface area (Å²) in [5.74, 6) is 0.425. The summed E-state index contributed by atoms with van der Waals surface area (Å²) in [6.07, 6.45) is 8.99. The molecule has 0 aliphatic heterocycles. The Bertz CT molecular complexity index is 841. The Balaban J connectivity index is 0.000000245. The zero-order chi connectivity index (χ0) is 15.5. The monoisotopic (exact) mass is 350 g/mol. The predicted octanol–water partition coefficient (Wildman–Crippen LogP) is 5.94. The maximum atomic E-state index is 2.27. The van der Waals surface area contributed by atoms with Crippen LogP contribution in [-0.2, 0) is 17.1 Å². The van der Waals surface area contributed by atoms with Crippen molar-refractivity contribution in [3.8, 4) is 0 Å². The van der Waals surface area contributed by atoms with Gasteiger partial charge in [-0.05, 0) is 16.7 Å². The molecule has 0 nitrogen and oxygen atoms in total. The van der Waals surface area contributed by atoms with E-state index in [0.29, 0.717) is 5.92 Å². The number of allylic oxidation sites excluding steroid dienone is 5. The van der Waals surface area contributed by atoms with Crippen LogP contribution >= 0.6 is 0 Å². The van der Waals surface area contributed by atoms with Crippen molar-refractivity contribution in [1.29, 1.82) is 0 Å². The number of fused-ring (bicyclic) bond motifs is 3. The molecule has 24 heavy (non-hydrogen) atoms. The Labute approximate surface area is 154 Å². The first-order valence-electron chi connectivity index (χ1n) is 8.01. The van der Waals surface area contributed by atoms with E-state index in [2.05, 4.69) is 72.8 Å². The van der Waals surface area contributed by atoms with Crippen LogP contribution in [0.15, 0.2) is 103 Å². The van der Waals surface area contributed by atoms with Gasteiger partial charge in [0.25, 0.3) is 0 Å². The van der Waals surface area contributed by atoms with Crippen molar-refractivity contribution >= 4 is 11.6 Å². The smallest absolute Gasteiger partial charge is 0.214 e. The second kappa shape index (κ2) is 7.49. The molecule has 0 N–H and O–H groups in total. The molecule has 1 unspecified atom stereocenters. The average molecular weight is 350 g/mol. The Morgan fingerprint density at radius 2 is 1.54 bits per heavy atom. The van der Waals surface area contributed by atoms with E-state index in [4.69, 9.17) is 0 Å². The van der Waals surface area contributed by atoms with E-state index in [-0.39, 0.29) is 17.1 Å². The average Bonchev–Trinajstić information content (AvgIpc) is 3.36. The zero-order valence-electron chi connectivity index (χ0n) is 13.2. The standard InChI is InChI=1S/C18H13.C5H5.Fe/c1-2-6-13(5-1)17-12-11-15-10-9-14-7-3-4-8-16(14)18(15)17;1-2-4-5-3-1;/h1-12,18H;1-5H;/q2*-1;+2. The van der Waals surface area contributed by atoms with Crippen molar-refractivity contribution in [2.24, 2.45) is 0 Å². The van der Waals surface area contributed by atoms with Crippen molar-refractivity contribution in [3.05, 3.63) is 119 Å². The van der Waals surface area contributed by atoms with Crippen LogP contribution in [0.1, 0.15) is 22.6 Å². The minimum absolute atomic E-state index is 0. The molecule has 2 aliphatic carbocycles. The molecule has 0 amide bonds. The minimum atomic E-state index is 0. The molecular weight excluding hydrogens is 332 g/mol.